The molecule has 0 unspecified atom stereocenters. The van der Waals surface area contributed by atoms with Crippen LogP contribution in [0.1, 0.15) is 24.2 Å². The molecule has 1 N–H and O–H groups in total. The molecule has 0 fully saturated rings. The maximum absolute atomic E-state index is 12.5. The van der Waals surface area contributed by atoms with Gasteiger partial charge in [0.15, 0.2) is 0 Å². The van der Waals surface area contributed by atoms with Crippen molar-refractivity contribution in [2.75, 3.05) is 13.1 Å². The van der Waals surface area contributed by atoms with Crippen molar-refractivity contribution in [1.29, 1.82) is 0 Å². The van der Waals surface area contributed by atoms with Crippen molar-refractivity contribution in [3.8, 4) is 5.69 Å². The third-order valence-electron chi connectivity index (χ3n) is 3.12. The Kier molecular flexibility index (Phi) is 4.93. The van der Waals surface area contributed by atoms with Gasteiger partial charge in [-0.1, -0.05) is 13.8 Å². The molecule has 0 aliphatic rings. The molecular weight excluding hydrogens is 282 g/mol. The molecule has 1 amide bonds. The van der Waals surface area contributed by atoms with Gasteiger partial charge in [-0.05, 0) is 30.2 Å². The van der Waals surface area contributed by atoms with E-state index in [-0.39, 0.29) is 18.4 Å². The van der Waals surface area contributed by atoms with Gasteiger partial charge >= 0.3 is 5.97 Å². The van der Waals surface area contributed by atoms with Gasteiger partial charge in [0, 0.05) is 30.2 Å². The maximum atomic E-state index is 12.5. The highest BCUT2D eigenvalue weighted by Crippen LogP contribution is 2.12. The molecule has 2 aromatic rings. The highest BCUT2D eigenvalue weighted by molar-refractivity contribution is 5.96. The quantitative estimate of drug-likeness (QED) is 0.886. The van der Waals surface area contributed by atoms with E-state index in [2.05, 4.69) is 4.98 Å². The minimum absolute atomic E-state index is 0.202. The van der Waals surface area contributed by atoms with Gasteiger partial charge in [-0.3, -0.25) is 9.59 Å². The summed E-state index contributed by atoms with van der Waals surface area (Å²) in [4.78, 5) is 28.7. The molecule has 0 aliphatic heterocycles. The number of carboxylic acids is 1. The standard InChI is InChI=1S/C16H19N3O3/c1-12(2)9-19(10-15(20)21)16(22)13-3-5-14(6-4-13)18-8-7-17-11-18/h3-8,11-12H,9-10H2,1-2H3,(H,20,21). The van der Waals surface area contributed by atoms with E-state index < -0.39 is 5.97 Å². The summed E-state index contributed by atoms with van der Waals surface area (Å²) in [6.07, 6.45) is 5.16. The monoisotopic (exact) mass is 301 g/mol. The van der Waals surface area contributed by atoms with E-state index in [1.54, 1.807) is 24.7 Å². The fourth-order valence-corrected chi connectivity index (χ4v) is 2.19. The number of carbonyl (C=O) groups is 2. The normalized spacial score (nSPS) is 10.7. The summed E-state index contributed by atoms with van der Waals surface area (Å²) >= 11 is 0. The predicted octanol–water partition coefficient (Wildman–Crippen LogP) is 2.06. The lowest BCUT2D eigenvalue weighted by atomic mass is 10.1. The molecule has 1 heterocycles. The highest BCUT2D eigenvalue weighted by Gasteiger charge is 2.19. The van der Waals surface area contributed by atoms with Crippen molar-refractivity contribution in [2.24, 2.45) is 5.92 Å². The van der Waals surface area contributed by atoms with E-state index in [0.29, 0.717) is 12.1 Å². The van der Waals surface area contributed by atoms with Crippen LogP contribution in [0.5, 0.6) is 0 Å². The van der Waals surface area contributed by atoms with Gasteiger partial charge in [-0.2, -0.15) is 0 Å². The molecular formula is C16H19N3O3. The number of hydrogen-bond acceptors (Lipinski definition) is 3. The van der Waals surface area contributed by atoms with E-state index in [9.17, 15) is 9.59 Å². The minimum atomic E-state index is -1.01. The number of hydrogen-bond donors (Lipinski definition) is 1. The first-order valence-corrected chi connectivity index (χ1v) is 7.07. The Labute approximate surface area is 129 Å². The molecule has 0 saturated heterocycles. The number of rotatable bonds is 6. The summed E-state index contributed by atoms with van der Waals surface area (Å²) in [5.74, 6) is -1.08. The smallest absolute Gasteiger partial charge is 0.323 e. The number of nitrogens with zero attached hydrogens (tertiary/aromatic N) is 3. The zero-order valence-electron chi connectivity index (χ0n) is 12.6. The molecule has 6 nitrogen and oxygen atoms in total. The average Bonchev–Trinajstić information content (AvgIpc) is 2.99. The summed E-state index contributed by atoms with van der Waals surface area (Å²) in [7, 11) is 0. The Balaban J connectivity index is 2.17. The minimum Gasteiger partial charge on any atom is -0.480 e. The Morgan fingerprint density at radius 1 is 1.27 bits per heavy atom. The number of aliphatic carboxylic acids is 1. The van der Waals surface area contributed by atoms with Crippen LogP contribution in [0.25, 0.3) is 5.69 Å². The second kappa shape index (κ2) is 6.89. The number of carbonyl (C=O) groups excluding carboxylic acids is 1. The number of benzene rings is 1. The third kappa shape index (κ3) is 3.94. The van der Waals surface area contributed by atoms with Crippen LogP contribution in [0.3, 0.4) is 0 Å². The first-order valence-electron chi connectivity index (χ1n) is 7.07. The first-order chi connectivity index (χ1) is 10.5. The molecule has 1 aromatic heterocycles. The second-order valence-electron chi connectivity index (χ2n) is 5.49. The van der Waals surface area contributed by atoms with Crippen LogP contribution < -0.4 is 0 Å². The molecule has 0 aliphatic carbocycles. The molecule has 0 bridgehead atoms. The Morgan fingerprint density at radius 3 is 2.45 bits per heavy atom. The van der Waals surface area contributed by atoms with Gasteiger partial charge in [0.05, 0.1) is 6.33 Å². The van der Waals surface area contributed by atoms with Crippen LogP contribution in [0.2, 0.25) is 0 Å². The number of aromatic nitrogens is 2. The molecule has 116 valence electrons. The van der Waals surface area contributed by atoms with Crippen molar-refractivity contribution in [3.05, 3.63) is 48.5 Å². The summed E-state index contributed by atoms with van der Waals surface area (Å²) < 4.78 is 1.83. The van der Waals surface area contributed by atoms with Gasteiger partial charge in [-0.15, -0.1) is 0 Å². The number of carboxylic acid groups (broad SMARTS) is 1. The molecule has 6 heteroatoms. The zero-order chi connectivity index (χ0) is 16.1. The summed E-state index contributed by atoms with van der Waals surface area (Å²) in [6.45, 7) is 4.02. The molecule has 0 saturated carbocycles. The van der Waals surface area contributed by atoms with Crippen molar-refractivity contribution in [3.63, 3.8) is 0 Å². The van der Waals surface area contributed by atoms with Crippen LogP contribution in [0, 0.1) is 5.92 Å². The molecule has 0 atom stereocenters. The summed E-state index contributed by atoms with van der Waals surface area (Å²) in [5, 5.41) is 8.96. The van der Waals surface area contributed by atoms with Gasteiger partial charge in [0.25, 0.3) is 5.91 Å². The van der Waals surface area contributed by atoms with Crippen molar-refractivity contribution >= 4 is 11.9 Å². The SMILES string of the molecule is CC(C)CN(CC(=O)O)C(=O)c1ccc(-n2ccnc2)cc1. The predicted molar refractivity (Wildman–Crippen MR) is 81.9 cm³/mol. The van der Waals surface area contributed by atoms with Crippen LogP contribution in [0.4, 0.5) is 0 Å². The Morgan fingerprint density at radius 2 is 1.95 bits per heavy atom. The van der Waals surface area contributed by atoms with Gasteiger partial charge in [-0.25, -0.2) is 4.98 Å². The van der Waals surface area contributed by atoms with Gasteiger partial charge in [0.2, 0.25) is 0 Å². The van der Waals surface area contributed by atoms with Crippen molar-refractivity contribution < 1.29 is 14.7 Å². The molecule has 0 radical (unpaired) electrons. The fourth-order valence-electron chi connectivity index (χ4n) is 2.19. The van der Waals surface area contributed by atoms with E-state index in [4.69, 9.17) is 5.11 Å². The van der Waals surface area contributed by atoms with Gasteiger partial charge < -0.3 is 14.6 Å². The summed E-state index contributed by atoms with van der Waals surface area (Å²) in [6, 6.07) is 7.02. The lowest BCUT2D eigenvalue weighted by Crippen LogP contribution is -2.38. The third-order valence-corrected chi connectivity index (χ3v) is 3.12. The molecule has 2 rings (SSSR count). The topological polar surface area (TPSA) is 75.4 Å². The van der Waals surface area contributed by atoms with Crippen LogP contribution in [-0.2, 0) is 4.79 Å². The summed E-state index contributed by atoms with van der Waals surface area (Å²) in [5.41, 5.74) is 1.37. The Bertz CT molecular complexity index is 633. The number of imidazole rings is 1. The Hall–Kier alpha value is -2.63. The molecule has 22 heavy (non-hydrogen) atoms. The van der Waals surface area contributed by atoms with Gasteiger partial charge in [0.1, 0.15) is 6.54 Å². The highest BCUT2D eigenvalue weighted by atomic mass is 16.4. The fraction of sp³-hybridized carbons (Fsp3) is 0.312. The van der Waals surface area contributed by atoms with E-state index >= 15 is 0 Å². The largest absolute Gasteiger partial charge is 0.480 e. The van der Waals surface area contributed by atoms with Crippen LogP contribution >= 0.6 is 0 Å². The van der Waals surface area contributed by atoms with E-state index in [1.165, 1.54) is 4.90 Å². The average molecular weight is 301 g/mol. The lowest BCUT2D eigenvalue weighted by Gasteiger charge is -2.22. The van der Waals surface area contributed by atoms with Crippen molar-refractivity contribution in [1.82, 2.24) is 14.5 Å². The van der Waals surface area contributed by atoms with E-state index in [1.807, 2.05) is 36.7 Å². The molecule has 1 aromatic carbocycles. The van der Waals surface area contributed by atoms with E-state index in [0.717, 1.165) is 5.69 Å². The molecule has 0 spiro atoms. The van der Waals surface area contributed by atoms with Crippen molar-refractivity contribution in [2.45, 2.75) is 13.8 Å². The lowest BCUT2D eigenvalue weighted by molar-refractivity contribution is -0.137. The maximum Gasteiger partial charge on any atom is 0.323 e. The van der Waals surface area contributed by atoms with Crippen LogP contribution in [0.15, 0.2) is 43.0 Å². The number of amides is 1. The first kappa shape index (κ1) is 15.8. The van der Waals surface area contributed by atoms with Crippen LogP contribution in [-0.4, -0.2) is 44.5 Å². The second-order valence-corrected chi connectivity index (χ2v) is 5.49. The zero-order valence-corrected chi connectivity index (χ0v) is 12.6.